The molecule has 0 spiro atoms. The molecule has 0 bridgehead atoms. The zero-order valence-corrected chi connectivity index (χ0v) is 17.2. The average Bonchev–Trinajstić information content (AvgIpc) is 2.84. The second kappa shape index (κ2) is 7.68. The maximum Gasteiger partial charge on any atom is 0.293 e. The van der Waals surface area contributed by atoms with Gasteiger partial charge in [-0.2, -0.15) is 0 Å². The molecule has 0 atom stereocenters. The molecule has 0 radical (unpaired) electrons. The number of hydrogen-bond acceptors (Lipinski definition) is 4. The summed E-state index contributed by atoms with van der Waals surface area (Å²) in [6, 6.07) is 13.7. The molecule has 1 aliphatic rings. The fraction of sp³-hybridized carbons (Fsp3) is 0.200. The quantitative estimate of drug-likeness (QED) is 0.635. The Morgan fingerprint density at radius 3 is 2.42 bits per heavy atom. The molecule has 0 aliphatic carbocycles. The Kier molecular flexibility index (Phi) is 5.53. The Hall–Kier alpha value is -2.05. The number of carbonyl (C=O) groups is 2. The van der Waals surface area contributed by atoms with Gasteiger partial charge in [0.05, 0.1) is 17.1 Å². The van der Waals surface area contributed by atoms with Crippen LogP contribution in [0.4, 0.5) is 10.5 Å². The summed E-state index contributed by atoms with van der Waals surface area (Å²) in [5.41, 5.74) is 4.02. The zero-order chi connectivity index (χ0) is 18.8. The Balaban J connectivity index is 1.80. The lowest BCUT2D eigenvalue weighted by Gasteiger charge is -2.14. The highest BCUT2D eigenvalue weighted by Gasteiger charge is 2.34. The summed E-state index contributed by atoms with van der Waals surface area (Å²) in [7, 11) is 3.94. The molecule has 2 aromatic carbocycles. The molecule has 2 aromatic rings. The third kappa shape index (κ3) is 4.02. The van der Waals surface area contributed by atoms with Crippen LogP contribution in [-0.2, 0) is 11.3 Å². The predicted octanol–water partition coefficient (Wildman–Crippen LogP) is 5.06. The molecule has 0 aromatic heterocycles. The van der Waals surface area contributed by atoms with Crippen molar-refractivity contribution in [3.63, 3.8) is 0 Å². The van der Waals surface area contributed by atoms with E-state index in [1.165, 1.54) is 4.90 Å². The molecule has 1 heterocycles. The molecule has 3 rings (SSSR count). The van der Waals surface area contributed by atoms with Gasteiger partial charge >= 0.3 is 0 Å². The van der Waals surface area contributed by atoms with Gasteiger partial charge in [-0.3, -0.25) is 14.5 Å². The van der Waals surface area contributed by atoms with Gasteiger partial charge < -0.3 is 4.90 Å². The van der Waals surface area contributed by atoms with Crippen LogP contribution in [0.1, 0.15) is 16.7 Å². The van der Waals surface area contributed by atoms with Gasteiger partial charge in [0.2, 0.25) is 0 Å². The molecule has 0 saturated carbocycles. The first kappa shape index (κ1) is 18.7. The van der Waals surface area contributed by atoms with Crippen LogP contribution in [0.5, 0.6) is 0 Å². The SMILES string of the molecule is Cc1ccc(CN2C(=O)S/C(=C\c3ccc(N(C)C)c(Br)c3)C2=O)cc1. The monoisotopic (exact) mass is 430 g/mol. The van der Waals surface area contributed by atoms with Gasteiger partial charge in [0, 0.05) is 18.6 Å². The first-order valence-electron chi connectivity index (χ1n) is 8.13. The summed E-state index contributed by atoms with van der Waals surface area (Å²) in [4.78, 5) is 28.7. The normalized spacial score (nSPS) is 15.8. The van der Waals surface area contributed by atoms with Gasteiger partial charge in [0.1, 0.15) is 0 Å². The molecule has 1 aliphatic heterocycles. The van der Waals surface area contributed by atoms with Crippen LogP contribution in [0.2, 0.25) is 0 Å². The topological polar surface area (TPSA) is 40.6 Å². The lowest BCUT2D eigenvalue weighted by atomic mass is 10.1. The van der Waals surface area contributed by atoms with Crippen LogP contribution in [0.3, 0.4) is 0 Å². The Morgan fingerprint density at radius 1 is 1.12 bits per heavy atom. The molecule has 0 N–H and O–H groups in total. The Bertz CT molecular complexity index is 891. The van der Waals surface area contributed by atoms with Crippen LogP contribution in [0.25, 0.3) is 6.08 Å². The van der Waals surface area contributed by atoms with Crippen molar-refractivity contribution in [1.82, 2.24) is 4.90 Å². The van der Waals surface area contributed by atoms with E-state index in [0.717, 1.165) is 38.6 Å². The van der Waals surface area contributed by atoms with E-state index in [9.17, 15) is 9.59 Å². The highest BCUT2D eigenvalue weighted by Crippen LogP contribution is 2.34. The molecular weight excluding hydrogens is 412 g/mol. The first-order valence-corrected chi connectivity index (χ1v) is 9.74. The highest BCUT2D eigenvalue weighted by atomic mass is 79.9. The summed E-state index contributed by atoms with van der Waals surface area (Å²) in [6.07, 6.45) is 1.77. The van der Waals surface area contributed by atoms with Crippen LogP contribution in [-0.4, -0.2) is 30.1 Å². The van der Waals surface area contributed by atoms with Gasteiger partial charge in [0.15, 0.2) is 0 Å². The number of amides is 2. The van der Waals surface area contributed by atoms with Crippen molar-refractivity contribution >= 4 is 50.6 Å². The Morgan fingerprint density at radius 2 is 1.81 bits per heavy atom. The molecule has 2 amide bonds. The largest absolute Gasteiger partial charge is 0.377 e. The van der Waals surface area contributed by atoms with Crippen LogP contribution >= 0.6 is 27.7 Å². The van der Waals surface area contributed by atoms with E-state index >= 15 is 0 Å². The van der Waals surface area contributed by atoms with Crippen LogP contribution in [0.15, 0.2) is 51.8 Å². The molecule has 1 fully saturated rings. The molecule has 26 heavy (non-hydrogen) atoms. The number of halogens is 1. The number of nitrogens with zero attached hydrogens (tertiary/aromatic N) is 2. The number of hydrogen-bond donors (Lipinski definition) is 0. The predicted molar refractivity (Wildman–Crippen MR) is 111 cm³/mol. The zero-order valence-electron chi connectivity index (χ0n) is 14.8. The van der Waals surface area contributed by atoms with E-state index in [2.05, 4.69) is 15.9 Å². The number of benzene rings is 2. The summed E-state index contributed by atoms with van der Waals surface area (Å²) >= 11 is 4.53. The maximum absolute atomic E-state index is 12.6. The van der Waals surface area contributed by atoms with E-state index in [1.54, 1.807) is 6.08 Å². The van der Waals surface area contributed by atoms with Crippen molar-refractivity contribution in [2.75, 3.05) is 19.0 Å². The minimum Gasteiger partial charge on any atom is -0.377 e. The molecule has 0 unspecified atom stereocenters. The minimum absolute atomic E-state index is 0.231. The standard InChI is InChI=1S/C20H19BrN2O2S/c1-13-4-6-14(7-5-13)12-23-19(24)18(26-20(23)25)11-15-8-9-17(22(2)3)16(21)10-15/h4-11H,12H2,1-3H3/b18-11-. The van der Waals surface area contributed by atoms with Crippen molar-refractivity contribution in [2.45, 2.75) is 13.5 Å². The van der Waals surface area contributed by atoms with Gasteiger partial charge in [0.25, 0.3) is 11.1 Å². The van der Waals surface area contributed by atoms with Gasteiger partial charge in [-0.05, 0) is 64.0 Å². The number of carbonyl (C=O) groups excluding carboxylic acids is 2. The van der Waals surface area contributed by atoms with Crippen LogP contribution in [0, 0.1) is 6.92 Å². The second-order valence-electron chi connectivity index (χ2n) is 6.36. The van der Waals surface area contributed by atoms with Crippen LogP contribution < -0.4 is 4.90 Å². The summed E-state index contributed by atoms with van der Waals surface area (Å²) < 4.78 is 0.940. The number of thioether (sulfide) groups is 1. The number of rotatable bonds is 4. The summed E-state index contributed by atoms with van der Waals surface area (Å²) in [5.74, 6) is -0.242. The Labute approximate surface area is 166 Å². The molecule has 6 heteroatoms. The van der Waals surface area contributed by atoms with E-state index in [4.69, 9.17) is 0 Å². The molecular formula is C20H19BrN2O2S. The van der Waals surface area contributed by atoms with E-state index in [-0.39, 0.29) is 11.1 Å². The number of anilines is 1. The third-order valence-corrected chi connectivity index (χ3v) is 5.63. The van der Waals surface area contributed by atoms with Gasteiger partial charge in [-0.1, -0.05) is 35.9 Å². The average molecular weight is 431 g/mol. The second-order valence-corrected chi connectivity index (χ2v) is 8.21. The van der Waals surface area contributed by atoms with Crippen molar-refractivity contribution in [3.05, 3.63) is 68.5 Å². The van der Waals surface area contributed by atoms with Crippen molar-refractivity contribution in [3.8, 4) is 0 Å². The fourth-order valence-corrected chi connectivity index (χ4v) is 4.23. The van der Waals surface area contributed by atoms with E-state index in [0.29, 0.717) is 11.4 Å². The summed E-state index contributed by atoms with van der Waals surface area (Å²) in [5, 5.41) is -0.231. The van der Waals surface area contributed by atoms with E-state index in [1.807, 2.05) is 68.4 Å². The molecule has 4 nitrogen and oxygen atoms in total. The minimum atomic E-state index is -0.242. The molecule has 134 valence electrons. The highest BCUT2D eigenvalue weighted by molar-refractivity contribution is 9.10. The first-order chi connectivity index (χ1) is 12.3. The van der Waals surface area contributed by atoms with Crippen molar-refractivity contribution < 1.29 is 9.59 Å². The number of aryl methyl sites for hydroxylation is 1. The maximum atomic E-state index is 12.6. The number of imide groups is 1. The van der Waals surface area contributed by atoms with Crippen molar-refractivity contribution in [2.24, 2.45) is 0 Å². The summed E-state index contributed by atoms with van der Waals surface area (Å²) in [6.45, 7) is 2.30. The van der Waals surface area contributed by atoms with Crippen molar-refractivity contribution in [1.29, 1.82) is 0 Å². The van der Waals surface area contributed by atoms with E-state index < -0.39 is 0 Å². The smallest absolute Gasteiger partial charge is 0.293 e. The lowest BCUT2D eigenvalue weighted by Crippen LogP contribution is -2.27. The third-order valence-electron chi connectivity index (χ3n) is 4.09. The fourth-order valence-electron chi connectivity index (χ4n) is 2.64. The molecule has 1 saturated heterocycles. The lowest BCUT2D eigenvalue weighted by molar-refractivity contribution is -0.123. The van der Waals surface area contributed by atoms with Gasteiger partial charge in [-0.25, -0.2) is 0 Å². The van der Waals surface area contributed by atoms with Gasteiger partial charge in [-0.15, -0.1) is 0 Å².